The molecule has 1 amide bonds. The number of ether oxygens (including phenoxy) is 2. The zero-order chi connectivity index (χ0) is 33.3. The Labute approximate surface area is 269 Å². The van der Waals surface area contributed by atoms with Gasteiger partial charge in [-0.05, 0) is 48.9 Å². The van der Waals surface area contributed by atoms with Gasteiger partial charge in [0, 0.05) is 25.2 Å². The fourth-order valence-corrected chi connectivity index (χ4v) is 5.13. The van der Waals surface area contributed by atoms with Gasteiger partial charge >= 0.3 is 18.2 Å². The average molecular weight is 680 g/mol. The molecule has 4 N–H and O–H groups in total. The SMILES string of the molecule is CCNC(=O)O[C@@H]1CN[C@H](C#Cc2cc3c(Nc4ccc(OCc5cccc(F)c5)c(Cl)c4)ncnc3s2)C1.O=C(O)C(F)(F)F. The molecule has 0 unspecified atom stereocenters. The third kappa shape index (κ3) is 9.93. The van der Waals surface area contributed by atoms with Crippen LogP contribution in [0.5, 0.6) is 5.75 Å². The highest BCUT2D eigenvalue weighted by Crippen LogP contribution is 2.33. The Morgan fingerprint density at radius 2 is 1.98 bits per heavy atom. The molecule has 0 radical (unpaired) electrons. The van der Waals surface area contributed by atoms with Crippen LogP contribution >= 0.6 is 22.9 Å². The maximum absolute atomic E-state index is 13.4. The van der Waals surface area contributed by atoms with Gasteiger partial charge in [0.25, 0.3) is 0 Å². The van der Waals surface area contributed by atoms with Crippen molar-refractivity contribution in [3.63, 3.8) is 0 Å². The van der Waals surface area contributed by atoms with Crippen LogP contribution < -0.4 is 20.7 Å². The van der Waals surface area contributed by atoms with Crippen LogP contribution in [0.4, 0.5) is 33.9 Å². The minimum Gasteiger partial charge on any atom is -0.487 e. The molecule has 1 fully saturated rings. The molecular weight excluding hydrogens is 654 g/mol. The van der Waals surface area contributed by atoms with Crippen LogP contribution in [0.2, 0.25) is 5.02 Å². The summed E-state index contributed by atoms with van der Waals surface area (Å²) in [6.45, 7) is 3.14. The number of hydrogen-bond donors (Lipinski definition) is 4. The highest BCUT2D eigenvalue weighted by Gasteiger charge is 2.38. The van der Waals surface area contributed by atoms with Gasteiger partial charge in [0.1, 0.15) is 41.3 Å². The van der Waals surface area contributed by atoms with Crippen molar-refractivity contribution in [2.24, 2.45) is 0 Å². The summed E-state index contributed by atoms with van der Waals surface area (Å²) >= 11 is 7.92. The van der Waals surface area contributed by atoms with E-state index in [2.05, 4.69) is 37.8 Å². The van der Waals surface area contributed by atoms with E-state index in [9.17, 15) is 22.4 Å². The van der Waals surface area contributed by atoms with Crippen molar-refractivity contribution >= 4 is 56.7 Å². The molecule has 2 aromatic carbocycles. The van der Waals surface area contributed by atoms with E-state index < -0.39 is 18.2 Å². The number of alkyl halides is 3. The first kappa shape index (κ1) is 34.2. The normalized spacial score (nSPS) is 15.6. The topological polar surface area (TPSA) is 135 Å². The lowest BCUT2D eigenvalue weighted by Crippen LogP contribution is -2.29. The first-order valence-electron chi connectivity index (χ1n) is 13.6. The summed E-state index contributed by atoms with van der Waals surface area (Å²) in [6.07, 6.45) is -3.57. The molecule has 16 heteroatoms. The molecule has 0 bridgehead atoms. The molecule has 1 aliphatic heterocycles. The van der Waals surface area contributed by atoms with Crippen LogP contribution in [0, 0.1) is 17.7 Å². The predicted molar refractivity (Wildman–Crippen MR) is 164 cm³/mol. The number of carboxylic acids is 1. The Morgan fingerprint density at radius 3 is 2.67 bits per heavy atom. The second kappa shape index (κ2) is 15.6. The van der Waals surface area contributed by atoms with Crippen LogP contribution in [-0.4, -0.2) is 58.5 Å². The number of fused-ring (bicyclic) bond motifs is 1. The van der Waals surface area contributed by atoms with Gasteiger partial charge in [0.2, 0.25) is 0 Å². The van der Waals surface area contributed by atoms with E-state index in [-0.39, 0.29) is 24.6 Å². The van der Waals surface area contributed by atoms with E-state index in [1.807, 2.05) is 19.1 Å². The van der Waals surface area contributed by atoms with Crippen LogP contribution in [0.3, 0.4) is 0 Å². The third-order valence-electron chi connectivity index (χ3n) is 6.10. The summed E-state index contributed by atoms with van der Waals surface area (Å²) in [7, 11) is 0. The molecule has 0 aliphatic carbocycles. The number of carbonyl (C=O) groups is 2. The molecule has 3 heterocycles. The van der Waals surface area contributed by atoms with E-state index in [4.69, 9.17) is 31.0 Å². The van der Waals surface area contributed by atoms with Gasteiger partial charge in [-0.15, -0.1) is 11.3 Å². The van der Waals surface area contributed by atoms with Gasteiger partial charge in [0.15, 0.2) is 0 Å². The number of thiophene rings is 1. The number of anilines is 2. The fraction of sp³-hybridized carbons (Fsp3) is 0.267. The number of carbonyl (C=O) groups excluding carboxylic acids is 1. The van der Waals surface area contributed by atoms with E-state index in [0.717, 1.165) is 20.8 Å². The number of rotatable bonds is 7. The first-order valence-corrected chi connectivity index (χ1v) is 14.8. The van der Waals surface area contributed by atoms with Crippen LogP contribution in [0.1, 0.15) is 23.8 Å². The molecule has 5 rings (SSSR count). The zero-order valence-corrected chi connectivity index (χ0v) is 25.5. The molecule has 4 aromatic rings. The van der Waals surface area contributed by atoms with Crippen molar-refractivity contribution in [1.29, 1.82) is 0 Å². The van der Waals surface area contributed by atoms with Gasteiger partial charge < -0.3 is 25.2 Å². The summed E-state index contributed by atoms with van der Waals surface area (Å²) in [4.78, 5) is 31.0. The monoisotopic (exact) mass is 679 g/mol. The quantitative estimate of drug-likeness (QED) is 0.132. The van der Waals surface area contributed by atoms with E-state index >= 15 is 0 Å². The molecule has 0 saturated carbocycles. The Kier molecular flexibility index (Phi) is 11.6. The average Bonchev–Trinajstić information content (AvgIpc) is 3.63. The van der Waals surface area contributed by atoms with Crippen LogP contribution in [0.25, 0.3) is 10.2 Å². The Hall–Kier alpha value is -4.65. The molecule has 2 atom stereocenters. The standard InChI is InChI=1S/C28H25ClFN5O3S.C2HF3O2/c1-2-31-28(36)38-21-11-19(32-14-21)6-8-22-13-23-26(33-16-34-27(23)39-22)35-20-7-9-25(24(29)12-20)37-15-17-4-3-5-18(30)10-17;3-2(4,5)1(6)7/h3-5,7,9-10,12-13,16,19,21,32H,2,11,14-15H2,1H3,(H,31,36)(H,33,34,35);(H,6,7)/t19-,21+;/m1./s1. The van der Waals surface area contributed by atoms with Crippen LogP contribution in [-0.2, 0) is 16.1 Å². The number of amides is 1. The number of alkyl carbamates (subject to hydrolysis) is 1. The van der Waals surface area contributed by atoms with Crippen molar-refractivity contribution in [1.82, 2.24) is 20.6 Å². The number of carboxylic acid groups (broad SMARTS) is 1. The zero-order valence-electron chi connectivity index (χ0n) is 24.0. The molecule has 242 valence electrons. The lowest BCUT2D eigenvalue weighted by atomic mass is 10.2. The fourth-order valence-electron chi connectivity index (χ4n) is 4.04. The van der Waals surface area contributed by atoms with Gasteiger partial charge in [-0.25, -0.2) is 23.9 Å². The molecule has 1 aliphatic rings. The summed E-state index contributed by atoms with van der Waals surface area (Å²) < 4.78 is 56.3. The van der Waals surface area contributed by atoms with Gasteiger partial charge in [-0.3, -0.25) is 5.32 Å². The Balaban J connectivity index is 0.000000617. The number of nitrogens with one attached hydrogen (secondary N) is 3. The van der Waals surface area contributed by atoms with E-state index in [1.165, 1.54) is 29.8 Å². The largest absolute Gasteiger partial charge is 0.490 e. The van der Waals surface area contributed by atoms with Gasteiger partial charge in [0.05, 0.1) is 21.3 Å². The number of hydrogen-bond acceptors (Lipinski definition) is 9. The van der Waals surface area contributed by atoms with Crippen molar-refractivity contribution in [3.05, 3.63) is 76.1 Å². The third-order valence-corrected chi connectivity index (χ3v) is 7.36. The maximum Gasteiger partial charge on any atom is 0.490 e. The molecular formula is C30H26ClF4N5O5S. The first-order chi connectivity index (χ1) is 21.9. The molecule has 2 aromatic heterocycles. The molecule has 1 saturated heterocycles. The van der Waals surface area contributed by atoms with E-state index in [0.29, 0.717) is 41.7 Å². The molecule has 0 spiro atoms. The Bertz CT molecular complexity index is 1760. The summed E-state index contributed by atoms with van der Waals surface area (Å²) in [5.74, 6) is 4.48. The molecule has 10 nitrogen and oxygen atoms in total. The number of aromatic nitrogens is 2. The summed E-state index contributed by atoms with van der Waals surface area (Å²) in [5.41, 5.74) is 1.44. The van der Waals surface area contributed by atoms with Crippen molar-refractivity contribution < 1.29 is 41.7 Å². The highest BCUT2D eigenvalue weighted by molar-refractivity contribution is 7.19. The van der Waals surface area contributed by atoms with Crippen molar-refractivity contribution in [2.75, 3.05) is 18.4 Å². The number of benzene rings is 2. The minimum atomic E-state index is -5.08. The van der Waals surface area contributed by atoms with E-state index in [1.54, 1.807) is 24.3 Å². The lowest BCUT2D eigenvalue weighted by molar-refractivity contribution is -0.192. The second-order valence-electron chi connectivity index (χ2n) is 9.57. The smallest absolute Gasteiger partial charge is 0.487 e. The number of nitrogens with zero attached hydrogens (tertiary/aromatic N) is 2. The van der Waals surface area contributed by atoms with Crippen molar-refractivity contribution in [3.8, 4) is 17.6 Å². The highest BCUT2D eigenvalue weighted by atomic mass is 35.5. The minimum absolute atomic E-state index is 0.0675. The maximum atomic E-state index is 13.4. The Morgan fingerprint density at radius 1 is 1.20 bits per heavy atom. The number of halogens is 5. The van der Waals surface area contributed by atoms with Crippen molar-refractivity contribution in [2.45, 2.75) is 38.3 Å². The van der Waals surface area contributed by atoms with Gasteiger partial charge in [-0.1, -0.05) is 35.6 Å². The van der Waals surface area contributed by atoms with Crippen LogP contribution in [0.15, 0.2) is 54.9 Å². The summed E-state index contributed by atoms with van der Waals surface area (Å²) in [5, 5.41) is 17.6. The lowest BCUT2D eigenvalue weighted by Gasteiger charge is -2.11. The predicted octanol–water partition coefficient (Wildman–Crippen LogP) is 6.27. The summed E-state index contributed by atoms with van der Waals surface area (Å²) in [6, 6.07) is 13.5. The number of aliphatic carboxylic acids is 1. The second-order valence-corrected chi connectivity index (χ2v) is 11.0. The van der Waals surface area contributed by atoms with Gasteiger partial charge in [-0.2, -0.15) is 13.2 Å². The molecule has 46 heavy (non-hydrogen) atoms.